The van der Waals surface area contributed by atoms with Crippen LogP contribution in [-0.2, 0) is 4.79 Å². The van der Waals surface area contributed by atoms with Crippen LogP contribution in [0.2, 0.25) is 0 Å². The van der Waals surface area contributed by atoms with E-state index in [0.717, 1.165) is 0 Å². The van der Waals surface area contributed by atoms with E-state index >= 15 is 0 Å². The third kappa shape index (κ3) is 4.44. The Labute approximate surface area is 121 Å². The number of aliphatic carboxylic acids is 1. The van der Waals surface area contributed by atoms with E-state index < -0.39 is 17.9 Å². The third-order valence-electron chi connectivity index (χ3n) is 2.43. The summed E-state index contributed by atoms with van der Waals surface area (Å²) < 4.78 is 0. The Hall–Kier alpha value is -2.26. The van der Waals surface area contributed by atoms with Crippen molar-refractivity contribution in [3.05, 3.63) is 42.5 Å². The SMILES string of the molecule is C=CCC(NC(=O)c1ccccc1SCC#N)C(=O)O. The highest BCUT2D eigenvalue weighted by Gasteiger charge is 2.20. The van der Waals surface area contributed by atoms with E-state index in [0.29, 0.717) is 10.5 Å². The predicted octanol–water partition coefficient (Wildman–Crippen LogP) is 2.06. The van der Waals surface area contributed by atoms with E-state index in [4.69, 9.17) is 10.4 Å². The first-order valence-electron chi connectivity index (χ1n) is 5.83. The Balaban J connectivity index is 2.88. The van der Waals surface area contributed by atoms with E-state index in [1.165, 1.54) is 17.8 Å². The maximum absolute atomic E-state index is 12.1. The predicted molar refractivity (Wildman–Crippen MR) is 76.5 cm³/mol. The molecule has 1 unspecified atom stereocenters. The van der Waals surface area contributed by atoms with Crippen LogP contribution in [0.15, 0.2) is 41.8 Å². The minimum atomic E-state index is -1.11. The van der Waals surface area contributed by atoms with Crippen LogP contribution in [0.25, 0.3) is 0 Å². The van der Waals surface area contributed by atoms with E-state index in [-0.39, 0.29) is 12.2 Å². The summed E-state index contributed by atoms with van der Waals surface area (Å²) in [6, 6.07) is 7.75. The van der Waals surface area contributed by atoms with Gasteiger partial charge in [0.2, 0.25) is 0 Å². The molecule has 0 saturated carbocycles. The normalized spacial score (nSPS) is 11.2. The first-order valence-corrected chi connectivity index (χ1v) is 6.82. The van der Waals surface area contributed by atoms with Gasteiger partial charge in [0.15, 0.2) is 0 Å². The Morgan fingerprint density at radius 1 is 1.50 bits per heavy atom. The molecule has 0 bridgehead atoms. The molecule has 0 heterocycles. The molecule has 104 valence electrons. The molecule has 0 aromatic heterocycles. The molecule has 20 heavy (non-hydrogen) atoms. The summed E-state index contributed by atoms with van der Waals surface area (Å²) in [6.07, 6.45) is 1.59. The fourth-order valence-electron chi connectivity index (χ4n) is 1.51. The summed E-state index contributed by atoms with van der Waals surface area (Å²) in [5, 5.41) is 20.0. The maximum atomic E-state index is 12.1. The minimum Gasteiger partial charge on any atom is -0.480 e. The van der Waals surface area contributed by atoms with Crippen LogP contribution in [0.3, 0.4) is 0 Å². The van der Waals surface area contributed by atoms with Gasteiger partial charge in [0.25, 0.3) is 5.91 Å². The molecular weight excluding hydrogens is 276 g/mol. The van der Waals surface area contributed by atoms with Gasteiger partial charge in [0.1, 0.15) is 6.04 Å². The van der Waals surface area contributed by atoms with Crippen molar-refractivity contribution in [2.45, 2.75) is 17.4 Å². The lowest BCUT2D eigenvalue weighted by atomic mass is 10.1. The molecule has 1 amide bonds. The molecule has 0 saturated heterocycles. The van der Waals surface area contributed by atoms with Crippen LogP contribution < -0.4 is 5.32 Å². The molecule has 0 spiro atoms. The van der Waals surface area contributed by atoms with E-state index in [9.17, 15) is 9.59 Å². The van der Waals surface area contributed by atoms with Crippen molar-refractivity contribution in [1.82, 2.24) is 5.32 Å². The summed E-state index contributed by atoms with van der Waals surface area (Å²) in [7, 11) is 0. The molecule has 2 N–H and O–H groups in total. The standard InChI is InChI=1S/C14H14N2O3S/c1-2-5-11(14(18)19)16-13(17)10-6-3-4-7-12(10)20-9-8-15/h2-4,6-7,11H,1,5,9H2,(H,16,17)(H,18,19). The van der Waals surface area contributed by atoms with Gasteiger partial charge in [-0.25, -0.2) is 4.79 Å². The number of hydrogen-bond acceptors (Lipinski definition) is 4. The van der Waals surface area contributed by atoms with Crippen molar-refractivity contribution in [1.29, 1.82) is 5.26 Å². The molecule has 5 nitrogen and oxygen atoms in total. The summed E-state index contributed by atoms with van der Waals surface area (Å²) in [5.41, 5.74) is 0.364. The van der Waals surface area contributed by atoms with Crippen LogP contribution in [-0.4, -0.2) is 28.8 Å². The van der Waals surface area contributed by atoms with Gasteiger partial charge in [-0.2, -0.15) is 5.26 Å². The number of nitrogens with zero attached hydrogens (tertiary/aromatic N) is 1. The molecule has 1 rings (SSSR count). The molecular formula is C14H14N2O3S. The quantitative estimate of drug-likeness (QED) is 0.592. The second-order valence-electron chi connectivity index (χ2n) is 3.83. The fraction of sp³-hybridized carbons (Fsp3) is 0.214. The Kier molecular flexibility index (Phi) is 6.33. The minimum absolute atomic E-state index is 0.147. The molecule has 0 radical (unpaired) electrons. The lowest BCUT2D eigenvalue weighted by Gasteiger charge is -2.14. The van der Waals surface area contributed by atoms with Crippen molar-refractivity contribution in [2.75, 3.05) is 5.75 Å². The Bertz CT molecular complexity index is 552. The second-order valence-corrected chi connectivity index (χ2v) is 4.85. The molecule has 1 atom stereocenters. The molecule has 0 aliphatic carbocycles. The van der Waals surface area contributed by atoms with Crippen LogP contribution >= 0.6 is 11.8 Å². The number of thioether (sulfide) groups is 1. The zero-order valence-electron chi connectivity index (χ0n) is 10.7. The van der Waals surface area contributed by atoms with Gasteiger partial charge < -0.3 is 10.4 Å². The van der Waals surface area contributed by atoms with Crippen molar-refractivity contribution in [3.63, 3.8) is 0 Å². The first kappa shape index (κ1) is 15.8. The first-order chi connectivity index (χ1) is 9.60. The van der Waals surface area contributed by atoms with Gasteiger partial charge in [-0.15, -0.1) is 18.3 Å². The van der Waals surface area contributed by atoms with Crippen LogP contribution in [0.5, 0.6) is 0 Å². The lowest BCUT2D eigenvalue weighted by Crippen LogP contribution is -2.40. The Morgan fingerprint density at radius 2 is 2.20 bits per heavy atom. The number of carbonyl (C=O) groups is 2. The van der Waals surface area contributed by atoms with Crippen molar-refractivity contribution < 1.29 is 14.7 Å². The van der Waals surface area contributed by atoms with Gasteiger partial charge in [-0.1, -0.05) is 18.2 Å². The number of nitriles is 1. The van der Waals surface area contributed by atoms with Crippen molar-refractivity contribution >= 4 is 23.6 Å². The lowest BCUT2D eigenvalue weighted by molar-refractivity contribution is -0.139. The van der Waals surface area contributed by atoms with Crippen LogP contribution in [0.4, 0.5) is 0 Å². The van der Waals surface area contributed by atoms with Crippen LogP contribution in [0, 0.1) is 11.3 Å². The number of amides is 1. The number of hydrogen-bond donors (Lipinski definition) is 2. The highest BCUT2D eigenvalue weighted by Crippen LogP contribution is 2.22. The average molecular weight is 290 g/mol. The molecule has 0 aliphatic heterocycles. The summed E-state index contributed by atoms with van der Waals surface area (Å²) in [6.45, 7) is 3.47. The summed E-state index contributed by atoms with van der Waals surface area (Å²) >= 11 is 1.23. The highest BCUT2D eigenvalue weighted by molar-refractivity contribution is 7.99. The van der Waals surface area contributed by atoms with Crippen molar-refractivity contribution in [3.8, 4) is 6.07 Å². The van der Waals surface area contributed by atoms with Crippen LogP contribution in [0.1, 0.15) is 16.8 Å². The van der Waals surface area contributed by atoms with E-state index in [2.05, 4.69) is 11.9 Å². The molecule has 0 fully saturated rings. The van der Waals surface area contributed by atoms with Crippen molar-refractivity contribution in [2.24, 2.45) is 0 Å². The van der Waals surface area contributed by atoms with Gasteiger partial charge in [-0.05, 0) is 18.6 Å². The topological polar surface area (TPSA) is 90.2 Å². The summed E-state index contributed by atoms with van der Waals surface area (Å²) in [5.74, 6) is -1.36. The maximum Gasteiger partial charge on any atom is 0.326 e. The summed E-state index contributed by atoms with van der Waals surface area (Å²) in [4.78, 5) is 23.8. The molecule has 1 aromatic carbocycles. The van der Waals surface area contributed by atoms with Gasteiger partial charge in [-0.3, -0.25) is 4.79 Å². The zero-order valence-corrected chi connectivity index (χ0v) is 11.5. The molecule has 0 aliphatic rings. The van der Waals surface area contributed by atoms with E-state index in [1.54, 1.807) is 24.3 Å². The smallest absolute Gasteiger partial charge is 0.326 e. The average Bonchev–Trinajstić information content (AvgIpc) is 2.44. The fourth-order valence-corrected chi connectivity index (χ4v) is 2.23. The van der Waals surface area contributed by atoms with Gasteiger partial charge in [0.05, 0.1) is 17.4 Å². The third-order valence-corrected chi connectivity index (χ3v) is 3.37. The van der Waals surface area contributed by atoms with E-state index in [1.807, 2.05) is 6.07 Å². The zero-order chi connectivity index (χ0) is 15.0. The highest BCUT2D eigenvalue weighted by atomic mass is 32.2. The number of rotatable bonds is 7. The number of carbonyl (C=O) groups excluding carboxylic acids is 1. The van der Waals surface area contributed by atoms with Gasteiger partial charge >= 0.3 is 5.97 Å². The Morgan fingerprint density at radius 3 is 2.80 bits per heavy atom. The number of carboxylic acid groups (broad SMARTS) is 1. The second kappa shape index (κ2) is 8.02. The number of nitrogens with one attached hydrogen (secondary N) is 1. The molecule has 1 aromatic rings. The number of benzene rings is 1. The monoisotopic (exact) mass is 290 g/mol. The largest absolute Gasteiger partial charge is 0.480 e. The van der Waals surface area contributed by atoms with Gasteiger partial charge in [0, 0.05) is 4.90 Å². The number of carboxylic acids is 1. The molecule has 6 heteroatoms.